The highest BCUT2D eigenvalue weighted by Crippen LogP contribution is 2.42. The topological polar surface area (TPSA) is 37.5 Å². The molecule has 0 spiro atoms. The van der Waals surface area contributed by atoms with Crippen LogP contribution in [-0.4, -0.2) is 14.5 Å². The van der Waals surface area contributed by atoms with Crippen LogP contribution in [0.4, 0.5) is 0 Å². The van der Waals surface area contributed by atoms with E-state index in [2.05, 4.69) is 20.9 Å². The quantitative estimate of drug-likeness (QED) is 0.919. The smallest absolute Gasteiger partial charge is 0.142 e. The number of aromatic nitrogens is 2. The Bertz CT molecular complexity index is 545. The molecule has 1 fully saturated rings. The number of nitrogens with zero attached hydrogens (tertiary/aromatic N) is 2. The van der Waals surface area contributed by atoms with Crippen LogP contribution in [0.5, 0.6) is 0 Å². The van der Waals surface area contributed by atoms with E-state index in [0.717, 1.165) is 34.2 Å². The summed E-state index contributed by atoms with van der Waals surface area (Å²) in [6, 6.07) is 1.98. The van der Waals surface area contributed by atoms with Crippen LogP contribution in [0.1, 0.15) is 30.2 Å². The first-order valence-corrected chi connectivity index (χ1v) is 6.27. The average Bonchev–Trinajstić information content (AvgIpc) is 2.99. The van der Waals surface area contributed by atoms with Crippen molar-refractivity contribution in [2.75, 3.05) is 0 Å². The minimum atomic E-state index is -0.373. The molecule has 1 N–H and O–H groups in total. The Morgan fingerprint density at radius 1 is 1.50 bits per heavy atom. The molecule has 2 aromatic rings. The molecule has 1 atom stereocenters. The van der Waals surface area contributed by atoms with Crippen LogP contribution in [0.3, 0.4) is 0 Å². The van der Waals surface area contributed by atoms with Crippen LogP contribution >= 0.6 is 15.9 Å². The van der Waals surface area contributed by atoms with Crippen LogP contribution in [0.2, 0.25) is 0 Å². The number of hydrogen-bond donors (Lipinski definition) is 1. The molecule has 3 rings (SSSR count). The second-order valence-electron chi connectivity index (χ2n) is 4.51. The van der Waals surface area contributed by atoms with Gasteiger partial charge < -0.3 is 9.51 Å². The van der Waals surface area contributed by atoms with Crippen molar-refractivity contribution in [3.8, 4) is 0 Å². The third-order valence-electron chi connectivity index (χ3n) is 3.05. The second kappa shape index (κ2) is 3.57. The van der Waals surface area contributed by atoms with Gasteiger partial charge in [-0.1, -0.05) is 0 Å². The van der Waals surface area contributed by atoms with Crippen molar-refractivity contribution in [3.63, 3.8) is 0 Å². The zero-order chi connectivity index (χ0) is 11.3. The maximum Gasteiger partial charge on any atom is 0.142 e. The highest BCUT2D eigenvalue weighted by molar-refractivity contribution is 9.10. The molecule has 0 aliphatic heterocycles. The summed E-state index contributed by atoms with van der Waals surface area (Å²) in [5.41, 5.74) is 2.78. The van der Waals surface area contributed by atoms with Gasteiger partial charge in [0.2, 0.25) is 0 Å². The molecule has 1 aliphatic rings. The lowest BCUT2D eigenvalue weighted by Crippen LogP contribution is -2.03. The number of hydrogen-bond acceptors (Lipinski definition) is 2. The number of rotatable bonds is 2. The lowest BCUT2D eigenvalue weighted by molar-refractivity contribution is 0.154. The third kappa shape index (κ3) is 1.66. The summed E-state index contributed by atoms with van der Waals surface area (Å²) in [5.74, 6) is 0.426. The summed E-state index contributed by atoms with van der Waals surface area (Å²) < 4.78 is 2.95. The Labute approximate surface area is 102 Å². The molecule has 0 unspecified atom stereocenters. The number of aliphatic hydroxyl groups excluding tert-OH is 1. The monoisotopic (exact) mass is 280 g/mol. The zero-order valence-electron chi connectivity index (χ0n) is 9.02. The predicted octanol–water partition coefficient (Wildman–Crippen LogP) is 2.85. The van der Waals surface area contributed by atoms with Crippen molar-refractivity contribution in [3.05, 3.63) is 34.2 Å². The Kier molecular flexibility index (Phi) is 2.30. The largest absolute Gasteiger partial charge is 0.388 e. The molecule has 4 heteroatoms. The summed E-state index contributed by atoms with van der Waals surface area (Å²) in [6.07, 6.45) is 5.82. The van der Waals surface area contributed by atoms with Crippen LogP contribution in [0.25, 0.3) is 5.65 Å². The van der Waals surface area contributed by atoms with Gasteiger partial charge in [-0.25, -0.2) is 4.98 Å². The van der Waals surface area contributed by atoms with Crippen molar-refractivity contribution >= 4 is 21.6 Å². The number of imidazole rings is 1. The first-order valence-electron chi connectivity index (χ1n) is 5.48. The third-order valence-corrected chi connectivity index (χ3v) is 3.49. The van der Waals surface area contributed by atoms with E-state index >= 15 is 0 Å². The molecule has 1 aliphatic carbocycles. The average molecular weight is 281 g/mol. The van der Waals surface area contributed by atoms with Gasteiger partial charge in [-0.05, 0) is 47.7 Å². The molecule has 0 amide bonds. The van der Waals surface area contributed by atoms with Crippen molar-refractivity contribution in [1.29, 1.82) is 0 Å². The lowest BCUT2D eigenvalue weighted by Gasteiger charge is -2.11. The minimum absolute atomic E-state index is 0.373. The van der Waals surface area contributed by atoms with Gasteiger partial charge in [0.25, 0.3) is 0 Å². The van der Waals surface area contributed by atoms with Crippen molar-refractivity contribution in [1.82, 2.24) is 9.38 Å². The van der Waals surface area contributed by atoms with E-state index in [0.29, 0.717) is 5.92 Å². The Morgan fingerprint density at radius 3 is 2.94 bits per heavy atom. The van der Waals surface area contributed by atoms with E-state index in [-0.39, 0.29) is 6.10 Å². The maximum absolute atomic E-state index is 10.2. The van der Waals surface area contributed by atoms with Gasteiger partial charge in [-0.3, -0.25) is 0 Å². The molecule has 0 aromatic carbocycles. The zero-order valence-corrected chi connectivity index (χ0v) is 10.6. The highest BCUT2D eigenvalue weighted by Gasteiger charge is 2.32. The molecule has 2 aromatic heterocycles. The van der Waals surface area contributed by atoms with E-state index in [9.17, 15) is 5.11 Å². The minimum Gasteiger partial charge on any atom is -0.388 e. The molecule has 0 saturated heterocycles. The normalized spacial score (nSPS) is 17.9. The lowest BCUT2D eigenvalue weighted by atomic mass is 10.1. The molecule has 2 heterocycles. The summed E-state index contributed by atoms with van der Waals surface area (Å²) in [6.45, 7) is 1.97. The number of aryl methyl sites for hydroxylation is 1. The van der Waals surface area contributed by atoms with Crippen LogP contribution in [0.15, 0.2) is 22.9 Å². The van der Waals surface area contributed by atoms with Crippen LogP contribution < -0.4 is 0 Å². The van der Waals surface area contributed by atoms with Gasteiger partial charge >= 0.3 is 0 Å². The van der Waals surface area contributed by atoms with Crippen LogP contribution in [0, 0.1) is 12.8 Å². The maximum atomic E-state index is 10.2. The fourth-order valence-corrected chi connectivity index (χ4v) is 2.56. The van der Waals surface area contributed by atoms with E-state index in [1.807, 2.05) is 29.8 Å². The van der Waals surface area contributed by atoms with Gasteiger partial charge in [-0.2, -0.15) is 0 Å². The second-order valence-corrected chi connectivity index (χ2v) is 5.42. The summed E-state index contributed by atoms with van der Waals surface area (Å²) in [4.78, 5) is 4.47. The first kappa shape index (κ1) is 10.3. The van der Waals surface area contributed by atoms with Gasteiger partial charge in [-0.15, -0.1) is 0 Å². The fraction of sp³-hybridized carbons (Fsp3) is 0.417. The Balaban J connectivity index is 2.20. The molecule has 3 nitrogen and oxygen atoms in total. The van der Waals surface area contributed by atoms with Crippen molar-refractivity contribution < 1.29 is 5.11 Å². The number of aliphatic hydroxyl groups is 1. The molecular formula is C12H13BrN2O. The summed E-state index contributed by atoms with van der Waals surface area (Å²) in [5, 5.41) is 10.2. The Hall–Kier alpha value is -0.870. The van der Waals surface area contributed by atoms with Crippen LogP contribution in [-0.2, 0) is 0 Å². The predicted molar refractivity (Wildman–Crippen MR) is 65.3 cm³/mol. The number of fused-ring (bicyclic) bond motifs is 1. The SMILES string of the molecule is Cc1cn2cc(Br)cc([C@H](O)C3CC3)c2n1. The fourth-order valence-electron chi connectivity index (χ4n) is 2.09. The van der Waals surface area contributed by atoms with Gasteiger partial charge in [0.1, 0.15) is 5.65 Å². The molecule has 0 radical (unpaired) electrons. The number of halogens is 1. The molecule has 16 heavy (non-hydrogen) atoms. The molecule has 1 saturated carbocycles. The van der Waals surface area contributed by atoms with E-state index < -0.39 is 0 Å². The molecular weight excluding hydrogens is 268 g/mol. The van der Waals surface area contributed by atoms with Crippen molar-refractivity contribution in [2.45, 2.75) is 25.9 Å². The van der Waals surface area contributed by atoms with Gasteiger partial charge in [0.15, 0.2) is 0 Å². The summed E-state index contributed by atoms with van der Waals surface area (Å²) in [7, 11) is 0. The molecule has 0 bridgehead atoms. The summed E-state index contributed by atoms with van der Waals surface area (Å²) >= 11 is 3.47. The highest BCUT2D eigenvalue weighted by atomic mass is 79.9. The number of pyridine rings is 1. The van der Waals surface area contributed by atoms with E-state index in [4.69, 9.17) is 0 Å². The Morgan fingerprint density at radius 2 is 2.25 bits per heavy atom. The van der Waals surface area contributed by atoms with E-state index in [1.165, 1.54) is 0 Å². The van der Waals surface area contributed by atoms with Crippen molar-refractivity contribution in [2.24, 2.45) is 5.92 Å². The molecule has 84 valence electrons. The standard InChI is InChI=1S/C12H13BrN2O/c1-7-5-15-6-9(13)4-10(12(15)14-7)11(16)8-2-3-8/h4-6,8,11,16H,2-3H2,1H3/t11-/m1/s1. The van der Waals surface area contributed by atoms with E-state index in [1.54, 1.807) is 0 Å². The van der Waals surface area contributed by atoms with Gasteiger partial charge in [0.05, 0.1) is 11.8 Å². The van der Waals surface area contributed by atoms with Gasteiger partial charge in [0, 0.05) is 22.4 Å². The first-order chi connectivity index (χ1) is 7.65.